The molecular formula is C24H18ClF2N3O3S. The van der Waals surface area contributed by atoms with Crippen LogP contribution in [0, 0.1) is 11.6 Å². The average Bonchev–Trinajstić information content (AvgIpc) is 2.80. The summed E-state index contributed by atoms with van der Waals surface area (Å²) < 4.78 is 55.0. The summed E-state index contributed by atoms with van der Waals surface area (Å²) in [5, 5.41) is 0.568. The molecule has 1 heterocycles. The number of carbonyl (C=O) groups is 1. The zero-order chi connectivity index (χ0) is 24.5. The molecule has 0 aliphatic carbocycles. The van der Waals surface area contributed by atoms with Crippen LogP contribution in [0.4, 0.5) is 14.5 Å². The third-order valence-corrected chi connectivity index (χ3v) is 6.71. The van der Waals surface area contributed by atoms with Crippen molar-refractivity contribution in [1.82, 2.24) is 9.97 Å². The Kier molecular flexibility index (Phi) is 6.58. The number of anilines is 1. The second-order valence-electron chi connectivity index (χ2n) is 7.54. The molecule has 0 fully saturated rings. The highest BCUT2D eigenvalue weighted by Gasteiger charge is 2.21. The van der Waals surface area contributed by atoms with Crippen LogP contribution in [0.5, 0.6) is 0 Å². The quantitative estimate of drug-likeness (QED) is 0.332. The first-order valence-corrected chi connectivity index (χ1v) is 12.3. The van der Waals surface area contributed by atoms with Crippen LogP contribution in [0.15, 0.2) is 60.8 Å². The maximum absolute atomic E-state index is 14.5. The van der Waals surface area contributed by atoms with Gasteiger partial charge in [-0.3, -0.25) is 14.5 Å². The van der Waals surface area contributed by atoms with Gasteiger partial charge in [0, 0.05) is 22.2 Å². The zero-order valence-corrected chi connectivity index (χ0v) is 19.4. The Hall–Kier alpha value is -3.43. The molecule has 0 bridgehead atoms. The number of nitrogens with one attached hydrogen (secondary N) is 1. The van der Waals surface area contributed by atoms with E-state index in [9.17, 15) is 22.0 Å². The summed E-state index contributed by atoms with van der Waals surface area (Å²) in [6, 6.07) is 13.0. The summed E-state index contributed by atoms with van der Waals surface area (Å²) in [5.74, 6) is -3.74. The van der Waals surface area contributed by atoms with Crippen LogP contribution in [-0.2, 0) is 10.0 Å². The van der Waals surface area contributed by atoms with Crippen LogP contribution in [0.25, 0.3) is 22.3 Å². The first-order chi connectivity index (χ1) is 16.2. The van der Waals surface area contributed by atoms with Gasteiger partial charge in [-0.15, -0.1) is 0 Å². The lowest BCUT2D eigenvalue weighted by atomic mass is 10.0. The summed E-state index contributed by atoms with van der Waals surface area (Å²) in [6.07, 6.45) is 1.91. The van der Waals surface area contributed by atoms with Crippen molar-refractivity contribution in [3.05, 3.63) is 88.6 Å². The van der Waals surface area contributed by atoms with Gasteiger partial charge in [-0.1, -0.05) is 30.7 Å². The van der Waals surface area contributed by atoms with Crippen molar-refractivity contribution in [2.45, 2.75) is 13.3 Å². The van der Waals surface area contributed by atoms with Crippen molar-refractivity contribution >= 4 is 44.1 Å². The van der Waals surface area contributed by atoms with Gasteiger partial charge in [0.05, 0.1) is 39.9 Å². The lowest BCUT2D eigenvalue weighted by Crippen LogP contribution is -2.17. The lowest BCUT2D eigenvalue weighted by Gasteiger charge is -2.11. The smallest absolute Gasteiger partial charge is 0.232 e. The summed E-state index contributed by atoms with van der Waals surface area (Å²) >= 11 is 5.93. The number of nitrogens with zero attached hydrogens (tertiary/aromatic N) is 2. The summed E-state index contributed by atoms with van der Waals surface area (Å²) in [4.78, 5) is 21.9. The van der Waals surface area contributed by atoms with E-state index in [2.05, 4.69) is 14.7 Å². The second kappa shape index (κ2) is 9.44. The molecule has 0 saturated heterocycles. The van der Waals surface area contributed by atoms with Gasteiger partial charge in [-0.2, -0.15) is 0 Å². The van der Waals surface area contributed by atoms with Crippen LogP contribution in [0.2, 0.25) is 5.02 Å². The van der Waals surface area contributed by atoms with E-state index in [1.807, 2.05) is 0 Å². The third kappa shape index (κ3) is 5.05. The van der Waals surface area contributed by atoms with Crippen LogP contribution >= 0.6 is 11.6 Å². The fraction of sp³-hybridized carbons (Fsp3) is 0.125. The molecule has 0 saturated carbocycles. The van der Waals surface area contributed by atoms with Crippen molar-refractivity contribution in [2.24, 2.45) is 0 Å². The SMILES string of the molecule is CCCS(=O)(=O)Nc1cc(F)c(F)c(C(=O)c2ccc3ncc(-c4ccc(Cl)cc4)nc3c2)c1. The van der Waals surface area contributed by atoms with E-state index in [-0.39, 0.29) is 17.0 Å². The molecule has 0 spiro atoms. The maximum atomic E-state index is 14.5. The number of fused-ring (bicyclic) bond motifs is 1. The molecule has 0 atom stereocenters. The van der Waals surface area contributed by atoms with Crippen molar-refractivity contribution in [3.8, 4) is 11.3 Å². The molecule has 0 amide bonds. The largest absolute Gasteiger partial charge is 0.288 e. The summed E-state index contributed by atoms with van der Waals surface area (Å²) in [7, 11) is -3.76. The first-order valence-electron chi connectivity index (χ1n) is 10.2. The van der Waals surface area contributed by atoms with E-state index in [1.54, 1.807) is 43.5 Å². The Morgan fingerprint density at radius 1 is 1.03 bits per heavy atom. The number of sulfonamides is 1. The van der Waals surface area contributed by atoms with E-state index >= 15 is 0 Å². The van der Waals surface area contributed by atoms with Gasteiger partial charge in [0.25, 0.3) is 0 Å². The van der Waals surface area contributed by atoms with Gasteiger partial charge in [-0.25, -0.2) is 22.2 Å². The first kappa shape index (κ1) is 23.7. The van der Waals surface area contributed by atoms with Crippen molar-refractivity contribution < 1.29 is 22.0 Å². The van der Waals surface area contributed by atoms with Crippen molar-refractivity contribution in [3.63, 3.8) is 0 Å². The molecule has 4 rings (SSSR count). The number of hydrogen-bond acceptors (Lipinski definition) is 5. The van der Waals surface area contributed by atoms with Crippen LogP contribution in [0.3, 0.4) is 0 Å². The highest BCUT2D eigenvalue weighted by atomic mass is 35.5. The number of carbonyl (C=O) groups excluding carboxylic acids is 1. The highest BCUT2D eigenvalue weighted by Crippen LogP contribution is 2.25. The van der Waals surface area contributed by atoms with E-state index < -0.39 is 33.0 Å². The molecule has 6 nitrogen and oxygen atoms in total. The molecule has 0 aliphatic heterocycles. The van der Waals surface area contributed by atoms with Gasteiger partial charge in [-0.05, 0) is 42.8 Å². The Morgan fingerprint density at radius 2 is 1.76 bits per heavy atom. The molecule has 4 aromatic rings. The minimum absolute atomic E-state index is 0.0434. The van der Waals surface area contributed by atoms with Crippen LogP contribution in [-0.4, -0.2) is 29.9 Å². The van der Waals surface area contributed by atoms with E-state index in [1.165, 1.54) is 12.1 Å². The minimum atomic E-state index is -3.76. The Balaban J connectivity index is 1.72. The fourth-order valence-electron chi connectivity index (χ4n) is 3.38. The van der Waals surface area contributed by atoms with Crippen molar-refractivity contribution in [2.75, 3.05) is 10.5 Å². The predicted molar refractivity (Wildman–Crippen MR) is 127 cm³/mol. The van der Waals surface area contributed by atoms with Crippen LogP contribution < -0.4 is 4.72 Å². The van der Waals surface area contributed by atoms with E-state index in [4.69, 9.17) is 11.6 Å². The zero-order valence-electron chi connectivity index (χ0n) is 17.8. The van der Waals surface area contributed by atoms with Crippen molar-refractivity contribution in [1.29, 1.82) is 0 Å². The summed E-state index contributed by atoms with van der Waals surface area (Å²) in [6.45, 7) is 1.67. The number of hydrogen-bond donors (Lipinski definition) is 1. The summed E-state index contributed by atoms with van der Waals surface area (Å²) in [5.41, 5.74) is 1.38. The fourth-order valence-corrected chi connectivity index (χ4v) is 4.62. The van der Waals surface area contributed by atoms with E-state index in [0.29, 0.717) is 34.2 Å². The molecule has 0 radical (unpaired) electrons. The monoisotopic (exact) mass is 501 g/mol. The Morgan fingerprint density at radius 3 is 2.47 bits per heavy atom. The number of aromatic nitrogens is 2. The molecule has 10 heteroatoms. The average molecular weight is 502 g/mol. The molecule has 34 heavy (non-hydrogen) atoms. The Labute approximate surface area is 199 Å². The van der Waals surface area contributed by atoms with Gasteiger partial charge in [0.1, 0.15) is 0 Å². The number of halogens is 3. The molecule has 3 aromatic carbocycles. The van der Waals surface area contributed by atoms with Gasteiger partial charge >= 0.3 is 0 Å². The topological polar surface area (TPSA) is 89.0 Å². The predicted octanol–water partition coefficient (Wildman–Crippen LogP) is 5.61. The Bertz CT molecular complexity index is 1510. The molecule has 0 aliphatic rings. The standard InChI is InChI=1S/C24H18ClF2N3O3S/c1-2-9-34(32,33)30-17-11-18(23(27)19(26)12-17)24(31)15-5-8-20-21(10-15)29-22(13-28-20)14-3-6-16(25)7-4-14/h3-8,10-13,30H,2,9H2,1H3. The lowest BCUT2D eigenvalue weighted by molar-refractivity contribution is 0.103. The number of ketones is 1. The third-order valence-electron chi connectivity index (χ3n) is 4.96. The molecule has 1 aromatic heterocycles. The maximum Gasteiger partial charge on any atom is 0.232 e. The van der Waals surface area contributed by atoms with Gasteiger partial charge in [0.2, 0.25) is 10.0 Å². The molecule has 1 N–H and O–H groups in total. The van der Waals surface area contributed by atoms with Crippen LogP contribution in [0.1, 0.15) is 29.3 Å². The molecule has 174 valence electrons. The minimum Gasteiger partial charge on any atom is -0.288 e. The van der Waals surface area contributed by atoms with E-state index in [0.717, 1.165) is 11.6 Å². The van der Waals surface area contributed by atoms with Gasteiger partial charge in [0.15, 0.2) is 17.4 Å². The molecular weight excluding hydrogens is 484 g/mol. The van der Waals surface area contributed by atoms with Gasteiger partial charge < -0.3 is 0 Å². The number of benzene rings is 3. The normalized spacial score (nSPS) is 11.5. The highest BCUT2D eigenvalue weighted by molar-refractivity contribution is 7.92. The molecule has 0 unspecified atom stereocenters. The second-order valence-corrected chi connectivity index (χ2v) is 9.81. The number of rotatable bonds is 7.